The Balaban J connectivity index is 1.45. The summed E-state index contributed by atoms with van der Waals surface area (Å²) < 4.78 is 45.4. The van der Waals surface area contributed by atoms with Crippen LogP contribution in [0, 0.1) is 5.92 Å². The number of aromatic nitrogens is 2. The first kappa shape index (κ1) is 24.2. The van der Waals surface area contributed by atoms with E-state index in [4.69, 9.17) is 4.42 Å². The minimum absolute atomic E-state index is 0.0223. The van der Waals surface area contributed by atoms with Crippen molar-refractivity contribution in [1.82, 2.24) is 14.9 Å². The van der Waals surface area contributed by atoms with Crippen LogP contribution in [0.2, 0.25) is 0 Å². The van der Waals surface area contributed by atoms with Crippen molar-refractivity contribution < 1.29 is 27.2 Å². The Morgan fingerprint density at radius 2 is 1.77 bits per heavy atom. The fourth-order valence-electron chi connectivity index (χ4n) is 3.93. The molecule has 2 aromatic heterocycles. The molecule has 35 heavy (non-hydrogen) atoms. The fourth-order valence-corrected chi connectivity index (χ4v) is 3.93. The molecule has 1 saturated heterocycles. The minimum Gasteiger partial charge on any atom is -0.431 e. The molecule has 0 spiro atoms. The summed E-state index contributed by atoms with van der Waals surface area (Å²) >= 11 is 0. The van der Waals surface area contributed by atoms with Crippen LogP contribution in [0.1, 0.15) is 29.1 Å². The highest BCUT2D eigenvalue weighted by Crippen LogP contribution is 2.35. The smallest absolute Gasteiger partial charge is 0.431 e. The normalized spacial score (nSPS) is 14.6. The Labute approximate surface area is 199 Å². The second kappa shape index (κ2) is 9.77. The maximum atomic E-state index is 13.5. The molecule has 0 radical (unpaired) electrons. The quantitative estimate of drug-likeness (QED) is 0.577. The average molecular weight is 487 g/mol. The number of nitrogens with one attached hydrogen (secondary N) is 1. The van der Waals surface area contributed by atoms with Crippen molar-refractivity contribution in [2.75, 3.05) is 37.4 Å². The molecule has 1 aliphatic rings. The lowest BCUT2D eigenvalue weighted by atomic mass is 9.95. The molecule has 0 saturated carbocycles. The molecule has 2 amide bonds. The summed E-state index contributed by atoms with van der Waals surface area (Å²) in [5.41, 5.74) is -0.319. The van der Waals surface area contributed by atoms with Gasteiger partial charge in [-0.2, -0.15) is 13.2 Å². The van der Waals surface area contributed by atoms with Gasteiger partial charge in [0.1, 0.15) is 5.82 Å². The first-order chi connectivity index (χ1) is 16.6. The van der Waals surface area contributed by atoms with Gasteiger partial charge in [-0.1, -0.05) is 18.2 Å². The lowest BCUT2D eigenvalue weighted by Crippen LogP contribution is -2.40. The van der Waals surface area contributed by atoms with Crippen molar-refractivity contribution in [3.63, 3.8) is 0 Å². The number of carbonyl (C=O) groups excluding carboxylic acids is 2. The van der Waals surface area contributed by atoms with Crippen molar-refractivity contribution in [2.45, 2.75) is 19.0 Å². The van der Waals surface area contributed by atoms with Crippen molar-refractivity contribution in [1.29, 1.82) is 0 Å². The topological polar surface area (TPSA) is 91.6 Å². The second-order valence-corrected chi connectivity index (χ2v) is 8.41. The molecule has 1 aliphatic heterocycles. The molecule has 3 aromatic rings. The van der Waals surface area contributed by atoms with Crippen LogP contribution in [0.15, 0.2) is 53.1 Å². The highest BCUT2D eigenvalue weighted by Gasteiger charge is 2.42. The molecular formula is C24H24F3N5O3. The Kier molecular flexibility index (Phi) is 6.77. The standard InChI is InChI=1S/C24H24F3N5O3/c1-31(2)23(34)16-10-12-32(13-11-16)18-9-8-17(14-28-18)29-21(33)19-20(24(25,26)27)35-22(30-19)15-6-4-3-5-7-15/h3-9,14,16H,10-13H2,1-2H3,(H,29,33). The number of nitrogens with zero attached hydrogens (tertiary/aromatic N) is 4. The summed E-state index contributed by atoms with van der Waals surface area (Å²) in [5, 5.41) is 2.41. The van der Waals surface area contributed by atoms with E-state index < -0.39 is 23.5 Å². The van der Waals surface area contributed by atoms with Crippen molar-refractivity contribution >= 4 is 23.3 Å². The molecule has 11 heteroatoms. The van der Waals surface area contributed by atoms with Crippen molar-refractivity contribution in [3.8, 4) is 11.5 Å². The zero-order chi connectivity index (χ0) is 25.2. The Bertz CT molecular complexity index is 1190. The van der Waals surface area contributed by atoms with Gasteiger partial charge in [0.05, 0.1) is 11.9 Å². The average Bonchev–Trinajstić information content (AvgIpc) is 3.31. The molecule has 0 aliphatic carbocycles. The lowest BCUT2D eigenvalue weighted by Gasteiger charge is -2.33. The van der Waals surface area contributed by atoms with Crippen LogP contribution in [0.3, 0.4) is 0 Å². The van der Waals surface area contributed by atoms with Gasteiger partial charge in [-0.3, -0.25) is 9.59 Å². The number of piperidine rings is 1. The number of halogens is 3. The summed E-state index contributed by atoms with van der Waals surface area (Å²) in [5.74, 6) is -2.08. The van der Waals surface area contributed by atoms with E-state index in [1.165, 1.54) is 18.3 Å². The number of hydrogen-bond acceptors (Lipinski definition) is 6. The number of rotatable bonds is 5. The maximum Gasteiger partial charge on any atom is 0.452 e. The SMILES string of the molecule is CN(C)C(=O)C1CCN(c2ccc(NC(=O)c3nc(-c4ccccc4)oc3C(F)(F)F)cn2)CC1. The highest BCUT2D eigenvalue weighted by atomic mass is 19.4. The van der Waals surface area contributed by atoms with Crippen LogP contribution in [-0.2, 0) is 11.0 Å². The van der Waals surface area contributed by atoms with Crippen LogP contribution in [0.25, 0.3) is 11.5 Å². The van der Waals surface area contributed by atoms with Gasteiger partial charge in [0, 0.05) is 38.7 Å². The van der Waals surface area contributed by atoms with Crippen LogP contribution < -0.4 is 10.2 Å². The first-order valence-corrected chi connectivity index (χ1v) is 11.0. The largest absolute Gasteiger partial charge is 0.452 e. The predicted molar refractivity (Wildman–Crippen MR) is 123 cm³/mol. The van der Waals surface area contributed by atoms with E-state index in [9.17, 15) is 22.8 Å². The van der Waals surface area contributed by atoms with Crippen molar-refractivity contribution in [3.05, 3.63) is 60.1 Å². The Morgan fingerprint density at radius 3 is 2.34 bits per heavy atom. The summed E-state index contributed by atoms with van der Waals surface area (Å²) in [6, 6.07) is 11.3. The molecule has 1 N–H and O–H groups in total. The highest BCUT2D eigenvalue weighted by molar-refractivity contribution is 6.04. The number of carbonyl (C=O) groups is 2. The Morgan fingerprint density at radius 1 is 1.09 bits per heavy atom. The number of benzene rings is 1. The van der Waals surface area contributed by atoms with Gasteiger partial charge in [0.2, 0.25) is 17.6 Å². The number of amides is 2. The fraction of sp³-hybridized carbons (Fsp3) is 0.333. The zero-order valence-electron chi connectivity index (χ0n) is 19.2. The number of oxazole rings is 1. The molecule has 8 nitrogen and oxygen atoms in total. The number of pyridine rings is 1. The van der Waals surface area contributed by atoms with Crippen LogP contribution in [0.5, 0.6) is 0 Å². The van der Waals surface area contributed by atoms with E-state index in [0.29, 0.717) is 37.3 Å². The van der Waals surface area contributed by atoms with Crippen LogP contribution in [-0.4, -0.2) is 53.9 Å². The summed E-state index contributed by atoms with van der Waals surface area (Å²) in [4.78, 5) is 36.6. The zero-order valence-corrected chi connectivity index (χ0v) is 19.2. The summed E-state index contributed by atoms with van der Waals surface area (Å²) in [6.45, 7) is 1.30. The molecule has 1 fully saturated rings. The summed E-state index contributed by atoms with van der Waals surface area (Å²) in [6.07, 6.45) is -2.12. The van der Waals surface area contributed by atoms with Gasteiger partial charge in [-0.25, -0.2) is 9.97 Å². The number of hydrogen-bond donors (Lipinski definition) is 1. The van der Waals surface area contributed by atoms with E-state index in [0.717, 1.165) is 0 Å². The third kappa shape index (κ3) is 5.44. The molecule has 3 heterocycles. The van der Waals surface area contributed by atoms with Crippen LogP contribution >= 0.6 is 0 Å². The number of anilines is 2. The van der Waals surface area contributed by atoms with E-state index in [-0.39, 0.29) is 23.4 Å². The molecule has 0 atom stereocenters. The van der Waals surface area contributed by atoms with Crippen molar-refractivity contribution in [2.24, 2.45) is 5.92 Å². The molecule has 0 bridgehead atoms. The monoisotopic (exact) mass is 487 g/mol. The first-order valence-electron chi connectivity index (χ1n) is 11.0. The minimum atomic E-state index is -4.89. The van der Waals surface area contributed by atoms with E-state index in [2.05, 4.69) is 15.3 Å². The third-order valence-corrected chi connectivity index (χ3v) is 5.74. The van der Waals surface area contributed by atoms with Gasteiger partial charge in [-0.05, 0) is 37.1 Å². The molecular weight excluding hydrogens is 463 g/mol. The molecule has 184 valence electrons. The molecule has 0 unspecified atom stereocenters. The van der Waals surface area contributed by atoms with E-state index in [1.807, 2.05) is 4.90 Å². The van der Waals surface area contributed by atoms with Gasteiger partial charge in [0.15, 0.2) is 5.69 Å². The van der Waals surface area contributed by atoms with E-state index >= 15 is 0 Å². The van der Waals surface area contributed by atoms with Gasteiger partial charge >= 0.3 is 6.18 Å². The lowest BCUT2D eigenvalue weighted by molar-refractivity contribution is -0.153. The van der Waals surface area contributed by atoms with Gasteiger partial charge in [-0.15, -0.1) is 0 Å². The van der Waals surface area contributed by atoms with Gasteiger partial charge in [0.25, 0.3) is 5.91 Å². The predicted octanol–water partition coefficient (Wildman–Crippen LogP) is 4.31. The second-order valence-electron chi connectivity index (χ2n) is 8.41. The molecule has 1 aromatic carbocycles. The molecule has 4 rings (SSSR count). The summed E-state index contributed by atoms with van der Waals surface area (Å²) in [7, 11) is 3.48. The van der Waals surface area contributed by atoms with E-state index in [1.54, 1.807) is 49.3 Å². The third-order valence-electron chi connectivity index (χ3n) is 5.74. The maximum absolute atomic E-state index is 13.5. The van der Waals surface area contributed by atoms with Gasteiger partial charge < -0.3 is 19.5 Å². The van der Waals surface area contributed by atoms with Crippen LogP contribution in [0.4, 0.5) is 24.7 Å². The number of alkyl halides is 3. The Hall–Kier alpha value is -3.89.